The van der Waals surface area contributed by atoms with Crippen LogP contribution in [0.4, 0.5) is 5.13 Å². The molecule has 1 aliphatic rings. The van der Waals surface area contributed by atoms with E-state index in [1.807, 2.05) is 0 Å². The van der Waals surface area contributed by atoms with Gasteiger partial charge < -0.3 is 10.0 Å². The Morgan fingerprint density at radius 3 is 3.00 bits per heavy atom. The van der Waals surface area contributed by atoms with Gasteiger partial charge in [-0.05, 0) is 36.1 Å². The highest BCUT2D eigenvalue weighted by Gasteiger charge is 2.21. The van der Waals surface area contributed by atoms with E-state index in [1.54, 1.807) is 0 Å². The highest BCUT2D eigenvalue weighted by molar-refractivity contribution is 9.10. The first-order chi connectivity index (χ1) is 9.17. The van der Waals surface area contributed by atoms with Crippen molar-refractivity contribution in [3.8, 4) is 0 Å². The molecule has 3 rings (SSSR count). The molecule has 0 unspecified atom stereocenters. The minimum Gasteiger partial charge on any atom is -0.389 e. The first-order valence-corrected chi connectivity index (χ1v) is 7.74. The lowest BCUT2D eigenvalue weighted by Crippen LogP contribution is -2.30. The third-order valence-electron chi connectivity index (χ3n) is 3.29. The summed E-state index contributed by atoms with van der Waals surface area (Å²) < 4.78 is 1.17. The van der Waals surface area contributed by atoms with Gasteiger partial charge in [0.05, 0.1) is 6.61 Å². The van der Waals surface area contributed by atoms with E-state index in [-0.39, 0.29) is 6.61 Å². The van der Waals surface area contributed by atoms with Crippen LogP contribution in [0.15, 0.2) is 16.6 Å². The van der Waals surface area contributed by atoms with E-state index in [4.69, 9.17) is 5.11 Å². The fourth-order valence-electron chi connectivity index (χ4n) is 2.37. The number of fused-ring (bicyclic) bond motifs is 1. The van der Waals surface area contributed by atoms with Crippen molar-refractivity contribution in [1.82, 2.24) is 10.2 Å². The van der Waals surface area contributed by atoms with Gasteiger partial charge in [-0.15, -0.1) is 10.2 Å². The second-order valence-corrected chi connectivity index (χ2v) is 6.59. The van der Waals surface area contributed by atoms with Crippen molar-refractivity contribution in [2.75, 3.05) is 11.4 Å². The topological polar surface area (TPSA) is 49.2 Å². The fraction of sp³-hybridized carbons (Fsp3) is 0.385. The number of anilines is 1. The van der Waals surface area contributed by atoms with Crippen LogP contribution in [0, 0.1) is 6.92 Å². The molecule has 1 aromatic carbocycles. The SMILES string of the molecule is Cc1cc(Br)c2c(c1)CCN(c1nnc(CO)s1)C2. The third-order valence-corrected chi connectivity index (χ3v) is 4.97. The lowest BCUT2D eigenvalue weighted by molar-refractivity contribution is 0.280. The van der Waals surface area contributed by atoms with E-state index >= 15 is 0 Å². The van der Waals surface area contributed by atoms with Gasteiger partial charge in [0.25, 0.3) is 0 Å². The highest BCUT2D eigenvalue weighted by Crippen LogP contribution is 2.31. The summed E-state index contributed by atoms with van der Waals surface area (Å²) in [4.78, 5) is 2.22. The number of aliphatic hydroxyl groups is 1. The van der Waals surface area contributed by atoms with Crippen LogP contribution < -0.4 is 4.90 Å². The summed E-state index contributed by atoms with van der Waals surface area (Å²) in [6.07, 6.45) is 1.02. The van der Waals surface area contributed by atoms with Crippen LogP contribution in [0.1, 0.15) is 21.7 Å². The summed E-state index contributed by atoms with van der Waals surface area (Å²) in [6.45, 7) is 3.87. The number of aromatic nitrogens is 2. The minimum absolute atomic E-state index is 0.0367. The molecule has 100 valence electrons. The number of nitrogens with zero attached hydrogens (tertiary/aromatic N) is 3. The maximum Gasteiger partial charge on any atom is 0.208 e. The predicted molar refractivity (Wildman–Crippen MR) is 79.5 cm³/mol. The smallest absolute Gasteiger partial charge is 0.208 e. The van der Waals surface area contributed by atoms with E-state index in [9.17, 15) is 0 Å². The Morgan fingerprint density at radius 1 is 1.42 bits per heavy atom. The Kier molecular flexibility index (Phi) is 3.56. The van der Waals surface area contributed by atoms with Gasteiger partial charge in [-0.2, -0.15) is 0 Å². The van der Waals surface area contributed by atoms with Crippen LogP contribution in [0.25, 0.3) is 0 Å². The van der Waals surface area contributed by atoms with Crippen LogP contribution in [0.3, 0.4) is 0 Å². The Hall–Kier alpha value is -0.980. The molecule has 1 aromatic heterocycles. The van der Waals surface area contributed by atoms with E-state index < -0.39 is 0 Å². The molecule has 0 fully saturated rings. The van der Waals surface area contributed by atoms with Gasteiger partial charge in [0.15, 0.2) is 0 Å². The van der Waals surface area contributed by atoms with Crippen LogP contribution in [-0.4, -0.2) is 21.8 Å². The Bertz CT molecular complexity index is 614. The van der Waals surface area contributed by atoms with E-state index in [1.165, 1.54) is 32.5 Å². The molecule has 4 nitrogen and oxygen atoms in total. The van der Waals surface area contributed by atoms with Gasteiger partial charge in [-0.1, -0.05) is 33.3 Å². The summed E-state index contributed by atoms with van der Waals surface area (Å²) in [5.41, 5.74) is 4.03. The lowest BCUT2D eigenvalue weighted by atomic mass is 9.98. The summed E-state index contributed by atoms with van der Waals surface area (Å²) in [6, 6.07) is 4.41. The van der Waals surface area contributed by atoms with E-state index in [2.05, 4.69) is 50.1 Å². The van der Waals surface area contributed by atoms with Crippen molar-refractivity contribution >= 4 is 32.4 Å². The first-order valence-electron chi connectivity index (χ1n) is 6.13. The molecule has 1 N–H and O–H groups in total. The second kappa shape index (κ2) is 5.19. The van der Waals surface area contributed by atoms with Gasteiger partial charge in [-0.25, -0.2) is 0 Å². The Labute approximate surface area is 124 Å². The molecule has 0 radical (unpaired) electrons. The van der Waals surface area contributed by atoms with Crippen LogP contribution in [-0.2, 0) is 19.6 Å². The average Bonchev–Trinajstić information content (AvgIpc) is 2.87. The number of aryl methyl sites for hydroxylation is 1. The summed E-state index contributed by atoms with van der Waals surface area (Å²) >= 11 is 5.11. The standard InChI is InChI=1S/C13H14BrN3OS/c1-8-4-9-2-3-17(6-10(9)11(14)5-8)13-16-15-12(7-18)19-13/h4-5,18H,2-3,6-7H2,1H3. The van der Waals surface area contributed by atoms with Crippen LogP contribution in [0.2, 0.25) is 0 Å². The molecule has 0 atom stereocenters. The monoisotopic (exact) mass is 339 g/mol. The highest BCUT2D eigenvalue weighted by atomic mass is 79.9. The van der Waals surface area contributed by atoms with Crippen LogP contribution >= 0.6 is 27.3 Å². The molecule has 0 aliphatic carbocycles. The van der Waals surface area contributed by atoms with Gasteiger partial charge >= 0.3 is 0 Å². The molecule has 2 aromatic rings. The summed E-state index contributed by atoms with van der Waals surface area (Å²) in [5.74, 6) is 0. The zero-order valence-corrected chi connectivity index (χ0v) is 13.0. The summed E-state index contributed by atoms with van der Waals surface area (Å²) in [7, 11) is 0. The maximum atomic E-state index is 9.06. The van der Waals surface area contributed by atoms with Gasteiger partial charge in [0.2, 0.25) is 5.13 Å². The third kappa shape index (κ3) is 2.52. The minimum atomic E-state index is -0.0367. The molecule has 0 amide bonds. The number of benzene rings is 1. The molecule has 2 heterocycles. The first kappa shape index (κ1) is 13.0. The van der Waals surface area contributed by atoms with Crippen molar-refractivity contribution in [2.45, 2.75) is 26.5 Å². The quantitative estimate of drug-likeness (QED) is 0.913. The number of hydrogen-bond donors (Lipinski definition) is 1. The average molecular weight is 340 g/mol. The zero-order chi connectivity index (χ0) is 13.4. The lowest BCUT2D eigenvalue weighted by Gasteiger charge is -2.29. The molecule has 19 heavy (non-hydrogen) atoms. The number of hydrogen-bond acceptors (Lipinski definition) is 5. The van der Waals surface area contributed by atoms with Crippen LogP contribution in [0.5, 0.6) is 0 Å². The van der Waals surface area contributed by atoms with Crippen molar-refractivity contribution in [3.63, 3.8) is 0 Å². The molecule has 0 bridgehead atoms. The molecule has 1 aliphatic heterocycles. The molecule has 0 saturated heterocycles. The van der Waals surface area contributed by atoms with Gasteiger partial charge in [-0.3, -0.25) is 0 Å². The predicted octanol–water partition coefficient (Wildman–Crippen LogP) is 2.66. The molecule has 0 spiro atoms. The van der Waals surface area contributed by atoms with E-state index in [0.717, 1.165) is 24.6 Å². The number of rotatable bonds is 2. The van der Waals surface area contributed by atoms with Gasteiger partial charge in [0.1, 0.15) is 5.01 Å². The number of aliphatic hydroxyl groups excluding tert-OH is 1. The largest absolute Gasteiger partial charge is 0.389 e. The summed E-state index contributed by atoms with van der Waals surface area (Å²) in [5, 5.41) is 18.7. The number of halogens is 1. The maximum absolute atomic E-state index is 9.06. The van der Waals surface area contributed by atoms with Crippen molar-refractivity contribution in [3.05, 3.63) is 38.3 Å². The normalized spacial score (nSPS) is 14.6. The zero-order valence-electron chi connectivity index (χ0n) is 10.6. The molecule has 6 heteroatoms. The fourth-order valence-corrected chi connectivity index (χ4v) is 3.83. The van der Waals surface area contributed by atoms with Crippen molar-refractivity contribution < 1.29 is 5.11 Å². The van der Waals surface area contributed by atoms with Gasteiger partial charge in [0, 0.05) is 17.6 Å². The van der Waals surface area contributed by atoms with Crippen molar-refractivity contribution in [2.24, 2.45) is 0 Å². The molecular weight excluding hydrogens is 326 g/mol. The van der Waals surface area contributed by atoms with Crippen molar-refractivity contribution in [1.29, 1.82) is 0 Å². The Balaban J connectivity index is 1.89. The van der Waals surface area contributed by atoms with E-state index in [0.29, 0.717) is 5.01 Å². The molecule has 0 saturated carbocycles. The second-order valence-electron chi connectivity index (χ2n) is 4.69. The molecular formula is C13H14BrN3OS. The Morgan fingerprint density at radius 2 is 2.26 bits per heavy atom.